The molecule has 0 heterocycles. The van der Waals surface area contributed by atoms with Crippen molar-refractivity contribution in [2.75, 3.05) is 0 Å². The van der Waals surface area contributed by atoms with Crippen LogP contribution in [0.5, 0.6) is 0 Å². The molecular formula is C12H22O3. The van der Waals surface area contributed by atoms with Gasteiger partial charge in [-0.25, -0.2) is 4.79 Å². The van der Waals surface area contributed by atoms with Crippen LogP contribution in [0.1, 0.15) is 52.4 Å². The van der Waals surface area contributed by atoms with Crippen LogP contribution in [0.2, 0.25) is 0 Å². The van der Waals surface area contributed by atoms with E-state index in [-0.39, 0.29) is 5.92 Å². The van der Waals surface area contributed by atoms with E-state index in [9.17, 15) is 9.90 Å². The number of hydrogen-bond acceptors (Lipinski definition) is 2. The molecule has 3 unspecified atom stereocenters. The third-order valence-electron chi connectivity index (χ3n) is 3.84. The molecule has 1 fully saturated rings. The van der Waals surface area contributed by atoms with Gasteiger partial charge in [-0.2, -0.15) is 0 Å². The van der Waals surface area contributed by atoms with E-state index in [1.807, 2.05) is 0 Å². The summed E-state index contributed by atoms with van der Waals surface area (Å²) in [4.78, 5) is 11.1. The monoisotopic (exact) mass is 214 g/mol. The van der Waals surface area contributed by atoms with Gasteiger partial charge < -0.3 is 10.2 Å². The van der Waals surface area contributed by atoms with Crippen LogP contribution in [-0.4, -0.2) is 21.8 Å². The van der Waals surface area contributed by atoms with Gasteiger partial charge in [0.15, 0.2) is 5.60 Å². The lowest BCUT2D eigenvalue weighted by atomic mass is 9.80. The first kappa shape index (κ1) is 12.5. The van der Waals surface area contributed by atoms with Crippen molar-refractivity contribution >= 4 is 5.97 Å². The molecule has 1 aliphatic rings. The van der Waals surface area contributed by atoms with Gasteiger partial charge >= 0.3 is 5.97 Å². The summed E-state index contributed by atoms with van der Waals surface area (Å²) in [7, 11) is 0. The average Bonchev–Trinajstić information content (AvgIpc) is 2.41. The average molecular weight is 214 g/mol. The molecule has 0 aromatic rings. The van der Waals surface area contributed by atoms with Crippen molar-refractivity contribution in [1.29, 1.82) is 0 Å². The molecule has 0 saturated heterocycles. The molecule has 0 aliphatic heterocycles. The molecule has 0 spiro atoms. The third kappa shape index (κ3) is 2.71. The highest BCUT2D eigenvalue weighted by Crippen LogP contribution is 2.35. The molecule has 0 bridgehead atoms. The minimum Gasteiger partial charge on any atom is -0.479 e. The van der Waals surface area contributed by atoms with Crippen LogP contribution in [0.4, 0.5) is 0 Å². The minimum absolute atomic E-state index is 0.0649. The normalized spacial score (nSPS) is 31.7. The number of aliphatic carboxylic acids is 1. The number of aliphatic hydroxyl groups is 1. The van der Waals surface area contributed by atoms with Crippen molar-refractivity contribution in [2.45, 2.75) is 58.0 Å². The smallest absolute Gasteiger partial charge is 0.335 e. The number of carboxylic acid groups (broad SMARTS) is 1. The molecule has 0 aromatic heterocycles. The molecule has 3 atom stereocenters. The molecule has 3 nitrogen and oxygen atoms in total. The highest BCUT2D eigenvalue weighted by atomic mass is 16.4. The summed E-state index contributed by atoms with van der Waals surface area (Å²) in [6.45, 7) is 3.95. The van der Waals surface area contributed by atoms with Crippen molar-refractivity contribution in [1.82, 2.24) is 0 Å². The van der Waals surface area contributed by atoms with Gasteiger partial charge in [0, 0.05) is 0 Å². The second-order valence-electron chi connectivity index (χ2n) is 4.89. The number of hydrogen-bond donors (Lipinski definition) is 2. The maximum atomic E-state index is 11.1. The fourth-order valence-corrected chi connectivity index (χ4v) is 2.58. The number of rotatable bonds is 3. The second-order valence-corrected chi connectivity index (χ2v) is 4.89. The molecule has 3 heteroatoms. The van der Waals surface area contributed by atoms with E-state index in [1.165, 1.54) is 0 Å². The van der Waals surface area contributed by atoms with Gasteiger partial charge in [0.1, 0.15) is 0 Å². The van der Waals surface area contributed by atoms with E-state index in [1.54, 1.807) is 6.92 Å². The van der Waals surface area contributed by atoms with E-state index < -0.39 is 11.6 Å². The van der Waals surface area contributed by atoms with Crippen LogP contribution in [0.15, 0.2) is 0 Å². The molecule has 1 saturated carbocycles. The van der Waals surface area contributed by atoms with Crippen molar-refractivity contribution < 1.29 is 15.0 Å². The van der Waals surface area contributed by atoms with Gasteiger partial charge in [0.2, 0.25) is 0 Å². The molecular weight excluding hydrogens is 192 g/mol. The Kier molecular flexibility index (Phi) is 4.14. The summed E-state index contributed by atoms with van der Waals surface area (Å²) >= 11 is 0. The van der Waals surface area contributed by atoms with Crippen molar-refractivity contribution in [2.24, 2.45) is 11.8 Å². The predicted octanol–water partition coefficient (Wildman–Crippen LogP) is 2.43. The standard InChI is InChI=1S/C12H22O3/c1-3-12(15,11(13)14)10-6-4-5-9(2)7-8-10/h9-10,15H,3-8H2,1-2H3,(H,13,14). The number of carbonyl (C=O) groups is 1. The predicted molar refractivity (Wildman–Crippen MR) is 58.6 cm³/mol. The summed E-state index contributed by atoms with van der Waals surface area (Å²) in [5.74, 6) is -0.445. The third-order valence-corrected chi connectivity index (χ3v) is 3.84. The van der Waals surface area contributed by atoms with Gasteiger partial charge in [-0.1, -0.05) is 33.1 Å². The second kappa shape index (κ2) is 4.97. The fourth-order valence-electron chi connectivity index (χ4n) is 2.58. The van der Waals surface area contributed by atoms with Crippen LogP contribution >= 0.6 is 0 Å². The Morgan fingerprint density at radius 1 is 1.33 bits per heavy atom. The molecule has 0 radical (unpaired) electrons. The van der Waals surface area contributed by atoms with Crippen molar-refractivity contribution in [3.63, 3.8) is 0 Å². The van der Waals surface area contributed by atoms with Gasteiger partial charge in [0.25, 0.3) is 0 Å². The van der Waals surface area contributed by atoms with Crippen molar-refractivity contribution in [3.05, 3.63) is 0 Å². The summed E-state index contributed by atoms with van der Waals surface area (Å²) in [6, 6.07) is 0. The Morgan fingerprint density at radius 3 is 2.53 bits per heavy atom. The molecule has 15 heavy (non-hydrogen) atoms. The summed E-state index contributed by atoms with van der Waals surface area (Å²) in [5, 5.41) is 19.2. The fraction of sp³-hybridized carbons (Fsp3) is 0.917. The Hall–Kier alpha value is -0.570. The lowest BCUT2D eigenvalue weighted by Gasteiger charge is -2.30. The molecule has 88 valence electrons. The zero-order valence-corrected chi connectivity index (χ0v) is 9.70. The van der Waals surface area contributed by atoms with Crippen LogP contribution < -0.4 is 0 Å². The lowest BCUT2D eigenvalue weighted by Crippen LogP contribution is -2.45. The Labute approximate surface area is 91.5 Å². The van der Waals surface area contributed by atoms with Crippen molar-refractivity contribution in [3.8, 4) is 0 Å². The zero-order valence-electron chi connectivity index (χ0n) is 9.70. The van der Waals surface area contributed by atoms with Gasteiger partial charge in [-0.15, -0.1) is 0 Å². The van der Waals surface area contributed by atoms with Crippen LogP contribution in [0.25, 0.3) is 0 Å². The summed E-state index contributed by atoms with van der Waals surface area (Å²) < 4.78 is 0. The van der Waals surface area contributed by atoms with E-state index in [0.29, 0.717) is 12.3 Å². The van der Waals surface area contributed by atoms with Crippen LogP contribution in [-0.2, 0) is 4.79 Å². The van der Waals surface area contributed by atoms with Crippen LogP contribution in [0, 0.1) is 11.8 Å². The van der Waals surface area contributed by atoms with E-state index in [0.717, 1.165) is 32.1 Å². The Balaban J connectivity index is 2.72. The van der Waals surface area contributed by atoms with E-state index >= 15 is 0 Å². The van der Waals surface area contributed by atoms with Gasteiger partial charge in [-0.3, -0.25) is 0 Å². The van der Waals surface area contributed by atoms with E-state index in [2.05, 4.69) is 6.92 Å². The largest absolute Gasteiger partial charge is 0.479 e. The molecule has 1 aliphatic carbocycles. The molecule has 0 amide bonds. The maximum absolute atomic E-state index is 11.1. The Bertz CT molecular complexity index is 227. The first-order valence-corrected chi connectivity index (χ1v) is 5.96. The Morgan fingerprint density at radius 2 is 2.00 bits per heavy atom. The number of carboxylic acids is 1. The van der Waals surface area contributed by atoms with Crippen LogP contribution in [0.3, 0.4) is 0 Å². The highest BCUT2D eigenvalue weighted by Gasteiger charge is 2.42. The SMILES string of the molecule is CCC(O)(C(=O)O)C1CCCC(C)CC1. The topological polar surface area (TPSA) is 57.5 Å². The lowest BCUT2D eigenvalue weighted by molar-refractivity contribution is -0.166. The minimum atomic E-state index is -1.50. The van der Waals surface area contributed by atoms with Gasteiger partial charge in [0.05, 0.1) is 0 Å². The van der Waals surface area contributed by atoms with E-state index in [4.69, 9.17) is 5.11 Å². The van der Waals surface area contributed by atoms with Gasteiger partial charge in [-0.05, 0) is 31.1 Å². The molecule has 1 rings (SSSR count). The highest BCUT2D eigenvalue weighted by molar-refractivity contribution is 5.77. The summed E-state index contributed by atoms with van der Waals surface area (Å²) in [6.07, 6.45) is 5.25. The molecule has 0 aromatic carbocycles. The first-order chi connectivity index (χ1) is 7.00. The maximum Gasteiger partial charge on any atom is 0.335 e. The zero-order chi connectivity index (χ0) is 11.5. The quantitative estimate of drug-likeness (QED) is 0.709. The first-order valence-electron chi connectivity index (χ1n) is 5.96. The summed E-state index contributed by atoms with van der Waals surface area (Å²) in [5.41, 5.74) is -1.50. The molecule has 2 N–H and O–H groups in total.